The lowest BCUT2D eigenvalue weighted by molar-refractivity contribution is -0.140. The van der Waals surface area contributed by atoms with Crippen molar-refractivity contribution in [2.75, 3.05) is 32.5 Å². The van der Waals surface area contributed by atoms with Gasteiger partial charge in [-0.05, 0) is 24.6 Å². The molecule has 8 heteroatoms. The zero-order chi connectivity index (χ0) is 17.7. The second-order valence-corrected chi connectivity index (χ2v) is 7.73. The van der Waals surface area contributed by atoms with Crippen LogP contribution < -0.4 is 5.32 Å². The van der Waals surface area contributed by atoms with E-state index in [9.17, 15) is 9.59 Å². The molecule has 1 aromatic carbocycles. The van der Waals surface area contributed by atoms with Crippen molar-refractivity contribution < 1.29 is 14.3 Å². The minimum Gasteiger partial charge on any atom is -0.468 e. The molecule has 1 heterocycles. The molecule has 132 valence electrons. The number of halogens is 2. The molecule has 1 saturated heterocycles. The number of rotatable bonds is 5. The molecule has 1 N–H and O–H groups in total. The van der Waals surface area contributed by atoms with E-state index in [1.54, 1.807) is 30.0 Å². The fourth-order valence-electron chi connectivity index (χ4n) is 2.54. The first-order valence-electron chi connectivity index (χ1n) is 7.56. The Morgan fingerprint density at radius 3 is 2.88 bits per heavy atom. The number of nitrogens with one attached hydrogen (secondary N) is 1. The van der Waals surface area contributed by atoms with Crippen LogP contribution in [-0.4, -0.2) is 54.5 Å². The van der Waals surface area contributed by atoms with Gasteiger partial charge in [-0.1, -0.05) is 29.3 Å². The molecule has 1 aliphatic rings. The molecule has 2 atom stereocenters. The fraction of sp³-hybridized carbons (Fsp3) is 0.500. The molecule has 1 aliphatic heterocycles. The monoisotopic (exact) mass is 390 g/mol. The Balaban J connectivity index is 1.89. The minimum atomic E-state index is -0.244. The average Bonchev–Trinajstić information content (AvgIpc) is 2.53. The van der Waals surface area contributed by atoms with Crippen LogP contribution in [0, 0.1) is 0 Å². The van der Waals surface area contributed by atoms with Gasteiger partial charge in [-0.25, -0.2) is 0 Å². The quantitative estimate of drug-likeness (QED) is 0.783. The van der Waals surface area contributed by atoms with Gasteiger partial charge >= 0.3 is 5.97 Å². The topological polar surface area (TPSA) is 58.6 Å². The summed E-state index contributed by atoms with van der Waals surface area (Å²) in [6.45, 7) is 3.39. The van der Waals surface area contributed by atoms with Gasteiger partial charge in [0.15, 0.2) is 0 Å². The lowest BCUT2D eigenvalue weighted by atomic mass is 10.1. The number of benzene rings is 1. The first-order valence-corrected chi connectivity index (χ1v) is 9.37. The summed E-state index contributed by atoms with van der Waals surface area (Å²) in [7, 11) is 1.38. The molecule has 0 spiro atoms. The van der Waals surface area contributed by atoms with Crippen molar-refractivity contribution in [2.24, 2.45) is 0 Å². The van der Waals surface area contributed by atoms with Crippen LogP contribution in [0.3, 0.4) is 0 Å². The third kappa shape index (κ3) is 5.28. The lowest BCUT2D eigenvalue weighted by Gasteiger charge is -2.30. The van der Waals surface area contributed by atoms with Gasteiger partial charge in [0.1, 0.15) is 5.25 Å². The Morgan fingerprint density at radius 1 is 1.46 bits per heavy atom. The van der Waals surface area contributed by atoms with Crippen molar-refractivity contribution >= 4 is 46.8 Å². The number of amides is 1. The first kappa shape index (κ1) is 19.4. The van der Waals surface area contributed by atoms with E-state index in [0.717, 1.165) is 17.9 Å². The number of carbonyl (C=O) groups excluding carboxylic acids is 2. The number of nitrogens with zero attached hydrogens (tertiary/aromatic N) is 1. The van der Waals surface area contributed by atoms with Crippen LogP contribution in [0.1, 0.15) is 18.5 Å². The van der Waals surface area contributed by atoms with Gasteiger partial charge in [0.25, 0.3) is 0 Å². The molecule has 0 radical (unpaired) electrons. The molecule has 1 fully saturated rings. The van der Waals surface area contributed by atoms with Crippen LogP contribution in [0.5, 0.6) is 0 Å². The summed E-state index contributed by atoms with van der Waals surface area (Å²) in [5, 5.41) is 3.78. The van der Waals surface area contributed by atoms with E-state index in [4.69, 9.17) is 27.9 Å². The van der Waals surface area contributed by atoms with Crippen LogP contribution in [0.25, 0.3) is 0 Å². The molecule has 0 bridgehead atoms. The summed E-state index contributed by atoms with van der Waals surface area (Å²) < 4.78 is 4.78. The number of ether oxygens (including phenoxy) is 1. The average molecular weight is 391 g/mol. The highest BCUT2D eigenvalue weighted by molar-refractivity contribution is 8.00. The van der Waals surface area contributed by atoms with E-state index in [1.165, 1.54) is 7.11 Å². The summed E-state index contributed by atoms with van der Waals surface area (Å²) in [6.07, 6.45) is 0. The maximum Gasteiger partial charge on any atom is 0.320 e. The van der Waals surface area contributed by atoms with E-state index in [1.807, 2.05) is 11.8 Å². The van der Waals surface area contributed by atoms with Crippen molar-refractivity contribution in [3.63, 3.8) is 0 Å². The Labute approximate surface area is 156 Å². The number of esters is 1. The number of hydrogen-bond acceptors (Lipinski definition) is 5. The Kier molecular flexibility index (Phi) is 7.22. The van der Waals surface area contributed by atoms with Crippen molar-refractivity contribution in [1.29, 1.82) is 0 Å². The lowest BCUT2D eigenvalue weighted by Crippen LogP contribution is -2.46. The summed E-state index contributed by atoms with van der Waals surface area (Å²) in [5.74, 6) is 0.446. The Hall–Kier alpha value is -0.950. The van der Waals surface area contributed by atoms with E-state index >= 15 is 0 Å². The summed E-state index contributed by atoms with van der Waals surface area (Å²) in [6, 6.07) is 4.98. The van der Waals surface area contributed by atoms with Crippen LogP contribution in [-0.2, 0) is 14.3 Å². The highest BCUT2D eigenvalue weighted by atomic mass is 35.5. The Bertz CT molecular complexity index is 615. The first-order chi connectivity index (χ1) is 11.4. The van der Waals surface area contributed by atoms with E-state index < -0.39 is 0 Å². The highest BCUT2D eigenvalue weighted by Gasteiger charge is 2.28. The molecular formula is C16H20Cl2N2O3S. The number of carbonyl (C=O) groups is 2. The van der Waals surface area contributed by atoms with Gasteiger partial charge in [-0.15, -0.1) is 11.8 Å². The predicted molar refractivity (Wildman–Crippen MR) is 97.7 cm³/mol. The molecule has 0 aromatic heterocycles. The maximum absolute atomic E-state index is 12.3. The van der Waals surface area contributed by atoms with Crippen molar-refractivity contribution in [1.82, 2.24) is 10.2 Å². The molecule has 1 amide bonds. The van der Waals surface area contributed by atoms with Gasteiger partial charge in [0, 0.05) is 28.9 Å². The highest BCUT2D eigenvalue weighted by Crippen LogP contribution is 2.26. The van der Waals surface area contributed by atoms with Crippen molar-refractivity contribution in [3.8, 4) is 0 Å². The van der Waals surface area contributed by atoms with Gasteiger partial charge in [0.05, 0.1) is 19.7 Å². The normalized spacial score (nSPS) is 19.6. The number of hydrogen-bond donors (Lipinski definition) is 1. The van der Waals surface area contributed by atoms with Crippen molar-refractivity contribution in [2.45, 2.75) is 18.2 Å². The Morgan fingerprint density at radius 2 is 2.21 bits per heavy atom. The fourth-order valence-corrected chi connectivity index (χ4v) is 4.31. The van der Waals surface area contributed by atoms with Crippen LogP contribution >= 0.6 is 35.0 Å². The molecule has 2 rings (SSSR count). The molecule has 0 unspecified atom stereocenters. The van der Waals surface area contributed by atoms with Crippen molar-refractivity contribution in [3.05, 3.63) is 33.8 Å². The largest absolute Gasteiger partial charge is 0.468 e. The predicted octanol–water partition coefficient (Wildman–Crippen LogP) is 2.76. The van der Waals surface area contributed by atoms with Gasteiger partial charge in [-0.3, -0.25) is 14.5 Å². The van der Waals surface area contributed by atoms with Gasteiger partial charge in [-0.2, -0.15) is 0 Å². The second-order valence-electron chi connectivity index (χ2n) is 5.57. The standard InChI is InChI=1S/C16H20Cl2N2O3S/c1-10(12-4-3-11(17)7-13(12)18)19-15(21)9-20-5-6-24-14(8-20)16(22)23-2/h3-4,7,10,14H,5-6,8-9H2,1-2H3,(H,19,21)/t10-,14-/m0/s1. The molecule has 1 aromatic rings. The molecule has 24 heavy (non-hydrogen) atoms. The summed E-state index contributed by atoms with van der Waals surface area (Å²) >= 11 is 13.6. The van der Waals surface area contributed by atoms with Crippen LogP contribution in [0.2, 0.25) is 10.0 Å². The minimum absolute atomic E-state index is 0.107. The maximum atomic E-state index is 12.3. The number of methoxy groups -OCH3 is 1. The smallest absolute Gasteiger partial charge is 0.320 e. The molecule has 5 nitrogen and oxygen atoms in total. The molecular weight excluding hydrogens is 371 g/mol. The van der Waals surface area contributed by atoms with E-state index in [-0.39, 0.29) is 29.7 Å². The zero-order valence-electron chi connectivity index (χ0n) is 13.6. The third-order valence-electron chi connectivity index (χ3n) is 3.79. The van der Waals surface area contributed by atoms with Gasteiger partial charge in [0.2, 0.25) is 5.91 Å². The van der Waals surface area contributed by atoms with E-state index in [0.29, 0.717) is 16.6 Å². The van der Waals surface area contributed by atoms with E-state index in [2.05, 4.69) is 5.32 Å². The summed E-state index contributed by atoms with van der Waals surface area (Å²) in [4.78, 5) is 25.9. The molecule has 0 saturated carbocycles. The van der Waals surface area contributed by atoms with Gasteiger partial charge < -0.3 is 10.1 Å². The van der Waals surface area contributed by atoms with Crippen LogP contribution in [0.15, 0.2) is 18.2 Å². The summed E-state index contributed by atoms with van der Waals surface area (Å²) in [5.41, 5.74) is 0.816. The van der Waals surface area contributed by atoms with Crippen LogP contribution in [0.4, 0.5) is 0 Å². The second kappa shape index (κ2) is 8.94. The molecule has 0 aliphatic carbocycles. The number of thioether (sulfide) groups is 1. The SMILES string of the molecule is COC(=O)[C@@H]1CN(CC(=O)N[C@@H](C)c2ccc(Cl)cc2Cl)CCS1. The third-order valence-corrected chi connectivity index (χ3v) is 5.51. The zero-order valence-corrected chi connectivity index (χ0v) is 15.9.